The molecule has 1 aromatic heterocycles. The summed E-state index contributed by atoms with van der Waals surface area (Å²) in [6.45, 7) is 0.0898. The van der Waals surface area contributed by atoms with Gasteiger partial charge in [-0.2, -0.15) is 0 Å². The van der Waals surface area contributed by atoms with Crippen LogP contribution in [0.3, 0.4) is 0 Å². The third-order valence-corrected chi connectivity index (χ3v) is 5.29. The van der Waals surface area contributed by atoms with Gasteiger partial charge in [0, 0.05) is 0 Å². The predicted octanol–water partition coefficient (Wildman–Crippen LogP) is 1.83. The van der Waals surface area contributed by atoms with Crippen molar-refractivity contribution in [2.75, 3.05) is 26.5 Å². The normalized spacial score (nSPS) is 10.6. The van der Waals surface area contributed by atoms with Gasteiger partial charge in [-0.3, -0.25) is 19.0 Å². The van der Waals surface area contributed by atoms with Crippen LogP contribution in [0.25, 0.3) is 10.9 Å². The summed E-state index contributed by atoms with van der Waals surface area (Å²) in [7, 11) is 2.84. The van der Waals surface area contributed by atoms with Crippen molar-refractivity contribution in [2.45, 2.75) is 11.7 Å². The van der Waals surface area contributed by atoms with E-state index < -0.39 is 5.97 Å². The minimum absolute atomic E-state index is 0.00435. The number of carbonyl (C=O) groups is 2. The van der Waals surface area contributed by atoms with Gasteiger partial charge >= 0.3 is 5.97 Å². The van der Waals surface area contributed by atoms with Crippen LogP contribution in [0.4, 0.5) is 0 Å². The van der Waals surface area contributed by atoms with Crippen LogP contribution in [0.1, 0.15) is 5.56 Å². The third kappa shape index (κ3) is 5.18. The molecule has 0 saturated heterocycles. The first-order valence-electron chi connectivity index (χ1n) is 9.10. The zero-order valence-electron chi connectivity index (χ0n) is 16.6. The number of amides is 1. The lowest BCUT2D eigenvalue weighted by atomic mass is 10.2. The number of rotatable bonds is 8. The molecule has 0 aliphatic carbocycles. The molecule has 3 aromatic rings. The fourth-order valence-electron chi connectivity index (χ4n) is 2.73. The highest BCUT2D eigenvalue weighted by Gasteiger charge is 2.14. The Morgan fingerprint density at radius 3 is 2.53 bits per heavy atom. The number of thioether (sulfide) groups is 1. The van der Waals surface area contributed by atoms with E-state index in [9.17, 15) is 14.4 Å². The minimum Gasteiger partial charge on any atom is -0.497 e. The summed E-state index contributed by atoms with van der Waals surface area (Å²) >= 11 is 1.13. The SMILES string of the molecule is COC(=O)CNC(=O)CSc1nc2ccccc2c(=O)n1Cc1ccc(OC)cc1. The number of nitrogens with one attached hydrogen (secondary N) is 1. The van der Waals surface area contributed by atoms with Crippen LogP contribution in [-0.4, -0.2) is 47.9 Å². The first-order valence-corrected chi connectivity index (χ1v) is 10.1. The Kier molecular flexibility index (Phi) is 7.08. The first kappa shape index (κ1) is 21.4. The summed E-state index contributed by atoms with van der Waals surface area (Å²) < 4.78 is 11.2. The minimum atomic E-state index is -0.534. The smallest absolute Gasteiger partial charge is 0.325 e. The Hall–Kier alpha value is -3.33. The fraction of sp³-hybridized carbons (Fsp3) is 0.238. The van der Waals surface area contributed by atoms with Crippen LogP contribution in [0.5, 0.6) is 5.75 Å². The molecular weight excluding hydrogens is 406 g/mol. The lowest BCUT2D eigenvalue weighted by Crippen LogP contribution is -2.32. The average Bonchev–Trinajstić information content (AvgIpc) is 2.78. The van der Waals surface area contributed by atoms with Crippen LogP contribution < -0.4 is 15.6 Å². The van der Waals surface area contributed by atoms with Crippen LogP contribution in [0.2, 0.25) is 0 Å². The summed E-state index contributed by atoms with van der Waals surface area (Å²) in [5.74, 6) is -0.165. The lowest BCUT2D eigenvalue weighted by molar-refractivity contribution is -0.140. The predicted molar refractivity (Wildman–Crippen MR) is 114 cm³/mol. The second-order valence-corrected chi connectivity index (χ2v) is 7.23. The molecule has 2 aromatic carbocycles. The number of aromatic nitrogens is 2. The Bertz CT molecular complexity index is 1110. The Morgan fingerprint density at radius 2 is 1.83 bits per heavy atom. The molecule has 30 heavy (non-hydrogen) atoms. The molecule has 8 nitrogen and oxygen atoms in total. The molecule has 0 fully saturated rings. The number of hydrogen-bond donors (Lipinski definition) is 1. The van der Waals surface area contributed by atoms with E-state index in [4.69, 9.17) is 4.74 Å². The van der Waals surface area contributed by atoms with Crippen molar-refractivity contribution in [3.05, 3.63) is 64.4 Å². The summed E-state index contributed by atoms with van der Waals surface area (Å²) in [5.41, 5.74) is 1.27. The number of benzene rings is 2. The van der Waals surface area contributed by atoms with Gasteiger partial charge in [-0.05, 0) is 29.8 Å². The molecule has 0 aliphatic rings. The van der Waals surface area contributed by atoms with E-state index in [1.54, 1.807) is 35.9 Å². The van der Waals surface area contributed by atoms with Crippen LogP contribution in [0, 0.1) is 0 Å². The van der Waals surface area contributed by atoms with Gasteiger partial charge in [0.2, 0.25) is 5.91 Å². The van der Waals surface area contributed by atoms with E-state index in [0.717, 1.165) is 23.1 Å². The molecular formula is C21H21N3O5S. The second-order valence-electron chi connectivity index (χ2n) is 6.29. The molecule has 1 N–H and O–H groups in total. The van der Waals surface area contributed by atoms with Crippen molar-refractivity contribution in [2.24, 2.45) is 0 Å². The molecule has 156 valence electrons. The van der Waals surface area contributed by atoms with Crippen molar-refractivity contribution in [1.29, 1.82) is 0 Å². The van der Waals surface area contributed by atoms with E-state index in [1.165, 1.54) is 7.11 Å². The maximum absolute atomic E-state index is 13.1. The average molecular weight is 427 g/mol. The molecule has 0 atom stereocenters. The Labute approximate surface area is 177 Å². The highest BCUT2D eigenvalue weighted by atomic mass is 32.2. The molecule has 1 amide bonds. The number of carbonyl (C=O) groups excluding carboxylic acids is 2. The van der Waals surface area contributed by atoms with Gasteiger partial charge in [0.05, 0.1) is 37.4 Å². The largest absolute Gasteiger partial charge is 0.497 e. The van der Waals surface area contributed by atoms with Gasteiger partial charge in [-0.15, -0.1) is 0 Å². The molecule has 9 heteroatoms. The molecule has 0 radical (unpaired) electrons. The van der Waals surface area contributed by atoms with E-state index in [-0.39, 0.29) is 23.8 Å². The van der Waals surface area contributed by atoms with Gasteiger partial charge < -0.3 is 14.8 Å². The van der Waals surface area contributed by atoms with Crippen molar-refractivity contribution in [3.8, 4) is 5.75 Å². The highest BCUT2D eigenvalue weighted by Crippen LogP contribution is 2.20. The fourth-order valence-corrected chi connectivity index (χ4v) is 3.56. The van der Waals surface area contributed by atoms with Crippen LogP contribution >= 0.6 is 11.8 Å². The van der Waals surface area contributed by atoms with Crippen molar-refractivity contribution in [1.82, 2.24) is 14.9 Å². The topological polar surface area (TPSA) is 99.5 Å². The molecule has 3 rings (SSSR count). The summed E-state index contributed by atoms with van der Waals surface area (Å²) in [5, 5.41) is 3.40. The van der Waals surface area contributed by atoms with Crippen molar-refractivity contribution < 1.29 is 19.1 Å². The van der Waals surface area contributed by atoms with E-state index in [1.807, 2.05) is 24.3 Å². The zero-order chi connectivity index (χ0) is 21.5. The lowest BCUT2D eigenvalue weighted by Gasteiger charge is -2.13. The molecule has 0 saturated carbocycles. The quantitative estimate of drug-likeness (QED) is 0.333. The van der Waals surface area contributed by atoms with Gasteiger partial charge in [-0.25, -0.2) is 4.98 Å². The van der Waals surface area contributed by atoms with Crippen molar-refractivity contribution in [3.63, 3.8) is 0 Å². The second kappa shape index (κ2) is 9.93. The Balaban J connectivity index is 1.87. The van der Waals surface area contributed by atoms with Crippen LogP contribution in [-0.2, 0) is 20.9 Å². The molecule has 0 spiro atoms. The molecule has 0 unspecified atom stereocenters. The molecule has 0 bridgehead atoms. The van der Waals surface area contributed by atoms with Gasteiger partial charge in [0.15, 0.2) is 5.16 Å². The third-order valence-electron chi connectivity index (χ3n) is 4.32. The number of para-hydroxylation sites is 1. The van der Waals surface area contributed by atoms with Gasteiger partial charge in [0.25, 0.3) is 5.56 Å². The summed E-state index contributed by atoms with van der Waals surface area (Å²) in [6, 6.07) is 14.5. The summed E-state index contributed by atoms with van der Waals surface area (Å²) in [4.78, 5) is 40.9. The summed E-state index contributed by atoms with van der Waals surface area (Å²) in [6.07, 6.45) is 0. The number of methoxy groups -OCH3 is 2. The monoisotopic (exact) mass is 427 g/mol. The Morgan fingerprint density at radius 1 is 1.10 bits per heavy atom. The van der Waals surface area contributed by atoms with Gasteiger partial charge in [-0.1, -0.05) is 36.0 Å². The van der Waals surface area contributed by atoms with E-state index >= 15 is 0 Å². The maximum atomic E-state index is 13.1. The highest BCUT2D eigenvalue weighted by molar-refractivity contribution is 7.99. The maximum Gasteiger partial charge on any atom is 0.325 e. The number of ether oxygens (including phenoxy) is 2. The zero-order valence-corrected chi connectivity index (χ0v) is 17.4. The van der Waals surface area contributed by atoms with Crippen LogP contribution in [0.15, 0.2) is 58.5 Å². The van der Waals surface area contributed by atoms with E-state index in [2.05, 4.69) is 15.0 Å². The molecule has 1 heterocycles. The standard InChI is InChI=1S/C21H21N3O5S/c1-28-15-9-7-14(8-10-15)12-24-20(27)16-5-3-4-6-17(16)23-21(24)30-13-18(25)22-11-19(26)29-2/h3-10H,11-13H2,1-2H3,(H,22,25). The van der Waals surface area contributed by atoms with Crippen molar-refractivity contribution >= 4 is 34.5 Å². The number of fused-ring (bicyclic) bond motifs is 1. The van der Waals surface area contributed by atoms with Gasteiger partial charge in [0.1, 0.15) is 12.3 Å². The molecule has 0 aliphatic heterocycles. The number of nitrogens with zero attached hydrogens (tertiary/aromatic N) is 2. The van der Waals surface area contributed by atoms with E-state index in [0.29, 0.717) is 22.6 Å². The first-order chi connectivity index (χ1) is 14.5. The number of hydrogen-bond acceptors (Lipinski definition) is 7. The number of esters is 1.